The zero-order chi connectivity index (χ0) is 15.1. The molecule has 3 aromatic rings. The molecule has 2 heteroatoms. The summed E-state index contributed by atoms with van der Waals surface area (Å²) in [5.41, 5.74) is 16.4. The molecule has 0 saturated carbocycles. The maximum atomic E-state index is 5.61. The summed E-state index contributed by atoms with van der Waals surface area (Å²) in [6, 6.07) is 25.8. The minimum Gasteiger partial charge on any atom is -0.399 e. The molecule has 0 aliphatic carbocycles. The molecule has 21 heavy (non-hydrogen) atoms. The van der Waals surface area contributed by atoms with Gasteiger partial charge in [0.1, 0.15) is 0 Å². The van der Waals surface area contributed by atoms with Crippen molar-refractivity contribution < 1.29 is 0 Å². The van der Waals surface area contributed by atoms with Crippen LogP contribution in [0.1, 0.15) is 5.56 Å². The Morgan fingerprint density at radius 3 is 1.19 bits per heavy atom. The SMILES string of the molecule is Cc1ccccc1.Nc1ccc(-c2ccc(N)cc2)cc1. The van der Waals surface area contributed by atoms with Gasteiger partial charge in [0.2, 0.25) is 0 Å². The van der Waals surface area contributed by atoms with Gasteiger partial charge in [0, 0.05) is 11.4 Å². The van der Waals surface area contributed by atoms with Crippen LogP contribution in [0.3, 0.4) is 0 Å². The first-order valence-corrected chi connectivity index (χ1v) is 6.88. The van der Waals surface area contributed by atoms with Gasteiger partial charge in [-0.25, -0.2) is 0 Å². The van der Waals surface area contributed by atoms with Gasteiger partial charge in [0.05, 0.1) is 0 Å². The van der Waals surface area contributed by atoms with Crippen LogP contribution in [0.5, 0.6) is 0 Å². The first kappa shape index (κ1) is 14.7. The molecule has 2 nitrogen and oxygen atoms in total. The van der Waals surface area contributed by atoms with Crippen LogP contribution in [-0.4, -0.2) is 0 Å². The molecule has 0 saturated heterocycles. The Morgan fingerprint density at radius 2 is 0.905 bits per heavy atom. The van der Waals surface area contributed by atoms with E-state index in [0.717, 1.165) is 22.5 Å². The highest BCUT2D eigenvalue weighted by atomic mass is 14.5. The maximum Gasteiger partial charge on any atom is 0.0314 e. The van der Waals surface area contributed by atoms with E-state index in [0.29, 0.717) is 0 Å². The molecule has 0 spiro atoms. The van der Waals surface area contributed by atoms with E-state index in [-0.39, 0.29) is 0 Å². The van der Waals surface area contributed by atoms with E-state index in [1.165, 1.54) is 5.56 Å². The van der Waals surface area contributed by atoms with E-state index in [1.807, 2.05) is 66.7 Å². The number of benzene rings is 3. The van der Waals surface area contributed by atoms with Gasteiger partial charge < -0.3 is 11.5 Å². The first-order chi connectivity index (χ1) is 10.1. The van der Waals surface area contributed by atoms with Gasteiger partial charge in [-0.1, -0.05) is 60.2 Å². The van der Waals surface area contributed by atoms with Crippen molar-refractivity contribution in [3.05, 3.63) is 84.4 Å². The normalized spacial score (nSPS) is 9.57. The van der Waals surface area contributed by atoms with Crippen molar-refractivity contribution in [1.82, 2.24) is 0 Å². The van der Waals surface area contributed by atoms with Crippen LogP contribution in [0.15, 0.2) is 78.9 Å². The number of rotatable bonds is 1. The first-order valence-electron chi connectivity index (χ1n) is 6.88. The predicted octanol–water partition coefficient (Wildman–Crippen LogP) is 4.51. The van der Waals surface area contributed by atoms with Crippen LogP contribution < -0.4 is 11.5 Å². The molecule has 3 rings (SSSR count). The standard InChI is InChI=1S/C12H12N2.C7H8/c13-11-5-1-9(2-6-11)10-3-7-12(14)8-4-10;1-7-5-3-2-4-6-7/h1-8H,13-14H2;2-6H,1H3. The van der Waals surface area contributed by atoms with Gasteiger partial charge in [0.15, 0.2) is 0 Å². The molecule has 0 radical (unpaired) electrons. The average molecular weight is 276 g/mol. The molecule has 0 fully saturated rings. The summed E-state index contributed by atoms with van der Waals surface area (Å²) < 4.78 is 0. The Kier molecular flexibility index (Phi) is 4.99. The molecule has 0 aromatic heterocycles. The highest BCUT2D eigenvalue weighted by molar-refractivity contribution is 5.67. The van der Waals surface area contributed by atoms with E-state index < -0.39 is 0 Å². The zero-order valence-corrected chi connectivity index (χ0v) is 12.2. The Hall–Kier alpha value is -2.74. The Balaban J connectivity index is 0.000000194. The fraction of sp³-hybridized carbons (Fsp3) is 0.0526. The third-order valence-corrected chi connectivity index (χ3v) is 3.10. The zero-order valence-electron chi connectivity index (χ0n) is 12.2. The molecule has 4 N–H and O–H groups in total. The van der Waals surface area contributed by atoms with Crippen LogP contribution in [0.25, 0.3) is 11.1 Å². The number of anilines is 2. The lowest BCUT2D eigenvalue weighted by atomic mass is 10.1. The summed E-state index contributed by atoms with van der Waals surface area (Å²) >= 11 is 0. The molecule has 0 atom stereocenters. The molecular weight excluding hydrogens is 256 g/mol. The molecular formula is C19H20N2. The summed E-state index contributed by atoms with van der Waals surface area (Å²) in [6.45, 7) is 2.08. The highest BCUT2D eigenvalue weighted by Gasteiger charge is 1.95. The smallest absolute Gasteiger partial charge is 0.0314 e. The van der Waals surface area contributed by atoms with Crippen LogP contribution in [-0.2, 0) is 0 Å². The van der Waals surface area contributed by atoms with Gasteiger partial charge in [0.25, 0.3) is 0 Å². The van der Waals surface area contributed by atoms with Crippen molar-refractivity contribution in [3.8, 4) is 11.1 Å². The fourth-order valence-electron chi connectivity index (χ4n) is 1.89. The van der Waals surface area contributed by atoms with Gasteiger partial charge in [-0.05, 0) is 42.3 Å². The number of nitrogen functional groups attached to an aromatic ring is 2. The van der Waals surface area contributed by atoms with E-state index in [4.69, 9.17) is 11.5 Å². The minimum atomic E-state index is 0.782. The van der Waals surface area contributed by atoms with Crippen molar-refractivity contribution in [1.29, 1.82) is 0 Å². The second-order valence-electron chi connectivity index (χ2n) is 4.90. The molecule has 106 valence electrons. The Morgan fingerprint density at radius 1 is 0.524 bits per heavy atom. The van der Waals surface area contributed by atoms with Crippen LogP contribution in [0.4, 0.5) is 11.4 Å². The summed E-state index contributed by atoms with van der Waals surface area (Å²) in [7, 11) is 0. The predicted molar refractivity (Wildman–Crippen MR) is 91.9 cm³/mol. The molecule has 0 aliphatic heterocycles. The monoisotopic (exact) mass is 276 g/mol. The minimum absolute atomic E-state index is 0.782. The Bertz CT molecular complexity index is 613. The number of hydrogen-bond donors (Lipinski definition) is 2. The van der Waals surface area contributed by atoms with Crippen molar-refractivity contribution in [2.24, 2.45) is 0 Å². The molecule has 0 aliphatic rings. The lowest BCUT2D eigenvalue weighted by molar-refractivity contribution is 1.48. The molecule has 0 amide bonds. The molecule has 0 unspecified atom stereocenters. The van der Waals surface area contributed by atoms with Gasteiger partial charge in [-0.3, -0.25) is 0 Å². The number of nitrogens with two attached hydrogens (primary N) is 2. The third-order valence-electron chi connectivity index (χ3n) is 3.10. The van der Waals surface area contributed by atoms with Crippen molar-refractivity contribution in [3.63, 3.8) is 0 Å². The lowest BCUT2D eigenvalue weighted by Crippen LogP contribution is -1.85. The average Bonchev–Trinajstić information content (AvgIpc) is 2.50. The fourth-order valence-corrected chi connectivity index (χ4v) is 1.89. The van der Waals surface area contributed by atoms with Gasteiger partial charge in [-0.15, -0.1) is 0 Å². The molecule has 3 aromatic carbocycles. The summed E-state index contributed by atoms with van der Waals surface area (Å²) in [6.07, 6.45) is 0. The summed E-state index contributed by atoms with van der Waals surface area (Å²) in [4.78, 5) is 0. The lowest BCUT2D eigenvalue weighted by Gasteiger charge is -2.02. The second-order valence-corrected chi connectivity index (χ2v) is 4.90. The quantitative estimate of drug-likeness (QED) is 0.642. The van der Waals surface area contributed by atoms with Crippen molar-refractivity contribution >= 4 is 11.4 Å². The third kappa shape index (κ3) is 4.69. The van der Waals surface area contributed by atoms with E-state index in [1.54, 1.807) is 0 Å². The highest BCUT2D eigenvalue weighted by Crippen LogP contribution is 2.21. The van der Waals surface area contributed by atoms with Gasteiger partial charge >= 0.3 is 0 Å². The molecule has 0 heterocycles. The largest absolute Gasteiger partial charge is 0.399 e. The van der Waals surface area contributed by atoms with E-state index in [2.05, 4.69) is 19.1 Å². The van der Waals surface area contributed by atoms with Crippen LogP contribution in [0, 0.1) is 6.92 Å². The van der Waals surface area contributed by atoms with E-state index in [9.17, 15) is 0 Å². The van der Waals surface area contributed by atoms with E-state index >= 15 is 0 Å². The Labute approximate surface area is 126 Å². The number of hydrogen-bond acceptors (Lipinski definition) is 2. The van der Waals surface area contributed by atoms with Crippen molar-refractivity contribution in [2.75, 3.05) is 11.5 Å². The van der Waals surface area contributed by atoms with Crippen LogP contribution in [0.2, 0.25) is 0 Å². The molecule has 0 bridgehead atoms. The summed E-state index contributed by atoms with van der Waals surface area (Å²) in [5, 5.41) is 0. The van der Waals surface area contributed by atoms with Crippen LogP contribution >= 0.6 is 0 Å². The topological polar surface area (TPSA) is 52.0 Å². The number of aryl methyl sites for hydroxylation is 1. The maximum absolute atomic E-state index is 5.61. The van der Waals surface area contributed by atoms with Gasteiger partial charge in [-0.2, -0.15) is 0 Å². The second kappa shape index (κ2) is 7.15. The summed E-state index contributed by atoms with van der Waals surface area (Å²) in [5.74, 6) is 0. The van der Waals surface area contributed by atoms with Crippen molar-refractivity contribution in [2.45, 2.75) is 6.92 Å².